The second kappa shape index (κ2) is 11.2. The SMILES string of the molecule is CSNC(=O)c1cc(C2CC2)c(OCC2CCN(Cc3nc(-c4ccccc4Cl)no3)CC2)cc1F. The first-order chi connectivity index (χ1) is 17.5. The maximum atomic E-state index is 14.7. The summed E-state index contributed by atoms with van der Waals surface area (Å²) in [6.45, 7) is 2.88. The van der Waals surface area contributed by atoms with Gasteiger partial charge in [-0.3, -0.25) is 14.4 Å². The molecule has 190 valence electrons. The number of piperidine rings is 1. The maximum Gasteiger partial charge on any atom is 0.264 e. The number of likely N-dealkylation sites (tertiary alicyclic amines) is 1. The smallest absolute Gasteiger partial charge is 0.264 e. The summed E-state index contributed by atoms with van der Waals surface area (Å²) < 4.78 is 28.8. The number of carbonyl (C=O) groups excluding carboxylic acids is 1. The van der Waals surface area contributed by atoms with Crippen LogP contribution in [-0.4, -0.2) is 46.9 Å². The van der Waals surface area contributed by atoms with Crippen LogP contribution >= 0.6 is 23.5 Å². The topological polar surface area (TPSA) is 80.5 Å². The Bertz CT molecular complexity index is 1230. The van der Waals surface area contributed by atoms with Gasteiger partial charge >= 0.3 is 0 Å². The molecule has 1 N–H and O–H groups in total. The Kier molecular flexibility index (Phi) is 7.79. The van der Waals surface area contributed by atoms with Crippen LogP contribution in [0.15, 0.2) is 40.9 Å². The zero-order valence-corrected chi connectivity index (χ0v) is 21.6. The number of hydrogen-bond donors (Lipinski definition) is 1. The van der Waals surface area contributed by atoms with Gasteiger partial charge in [0.15, 0.2) is 0 Å². The van der Waals surface area contributed by atoms with Gasteiger partial charge in [-0.1, -0.05) is 40.8 Å². The van der Waals surface area contributed by atoms with Crippen LogP contribution < -0.4 is 9.46 Å². The number of ether oxygens (including phenoxy) is 1. The summed E-state index contributed by atoms with van der Waals surface area (Å²) in [4.78, 5) is 19.0. The number of rotatable bonds is 9. The molecule has 3 aromatic rings. The Balaban J connectivity index is 1.15. The van der Waals surface area contributed by atoms with E-state index in [9.17, 15) is 9.18 Å². The van der Waals surface area contributed by atoms with Crippen molar-refractivity contribution in [1.29, 1.82) is 0 Å². The van der Waals surface area contributed by atoms with E-state index in [1.807, 2.05) is 18.2 Å². The molecule has 0 unspecified atom stereocenters. The van der Waals surface area contributed by atoms with Crippen molar-refractivity contribution in [3.8, 4) is 17.1 Å². The lowest BCUT2D eigenvalue weighted by molar-refractivity contribution is 0.0980. The Morgan fingerprint density at radius 2 is 2.03 bits per heavy atom. The number of hydrogen-bond acceptors (Lipinski definition) is 7. The largest absolute Gasteiger partial charge is 0.493 e. The fourth-order valence-electron chi connectivity index (χ4n) is 4.51. The zero-order valence-electron chi connectivity index (χ0n) is 20.0. The molecular weight excluding hydrogens is 503 g/mol. The zero-order chi connectivity index (χ0) is 25.1. The summed E-state index contributed by atoms with van der Waals surface area (Å²) in [5, 5.41) is 4.67. The number of halogens is 2. The second-order valence-corrected chi connectivity index (χ2v) is 10.3. The number of benzene rings is 2. The lowest BCUT2D eigenvalue weighted by atomic mass is 9.97. The lowest BCUT2D eigenvalue weighted by Crippen LogP contribution is -2.35. The highest BCUT2D eigenvalue weighted by molar-refractivity contribution is 7.97. The number of nitrogens with zero attached hydrogens (tertiary/aromatic N) is 3. The monoisotopic (exact) mass is 530 g/mol. The van der Waals surface area contributed by atoms with Gasteiger partial charge in [-0.05, 0) is 74.4 Å². The van der Waals surface area contributed by atoms with Crippen molar-refractivity contribution in [2.75, 3.05) is 26.0 Å². The Morgan fingerprint density at radius 1 is 1.25 bits per heavy atom. The third kappa shape index (κ3) is 5.85. The van der Waals surface area contributed by atoms with Crippen LogP contribution in [0, 0.1) is 11.7 Å². The van der Waals surface area contributed by atoms with E-state index in [0.29, 0.717) is 47.5 Å². The molecule has 36 heavy (non-hydrogen) atoms. The first-order valence-electron chi connectivity index (χ1n) is 12.1. The van der Waals surface area contributed by atoms with Crippen molar-refractivity contribution in [2.24, 2.45) is 5.92 Å². The first kappa shape index (κ1) is 25.0. The van der Waals surface area contributed by atoms with Gasteiger partial charge < -0.3 is 9.26 Å². The first-order valence-corrected chi connectivity index (χ1v) is 13.7. The highest BCUT2D eigenvalue weighted by Gasteiger charge is 2.30. The van der Waals surface area contributed by atoms with E-state index in [2.05, 4.69) is 19.8 Å². The molecular formula is C26H28ClFN4O3S. The van der Waals surface area contributed by atoms with E-state index < -0.39 is 11.7 Å². The van der Waals surface area contributed by atoms with Gasteiger partial charge in [-0.15, -0.1) is 0 Å². The van der Waals surface area contributed by atoms with E-state index in [-0.39, 0.29) is 5.56 Å². The van der Waals surface area contributed by atoms with Gasteiger partial charge in [0.2, 0.25) is 11.7 Å². The quantitative estimate of drug-likeness (QED) is 0.355. The molecule has 1 amide bonds. The normalized spacial score (nSPS) is 16.8. The fourth-order valence-corrected chi connectivity index (χ4v) is 5.03. The summed E-state index contributed by atoms with van der Waals surface area (Å²) >= 11 is 7.40. The van der Waals surface area contributed by atoms with Gasteiger partial charge in [0.05, 0.1) is 23.7 Å². The van der Waals surface area contributed by atoms with Crippen LogP contribution in [0.3, 0.4) is 0 Å². The van der Waals surface area contributed by atoms with Gasteiger partial charge in [-0.25, -0.2) is 4.39 Å². The molecule has 2 fully saturated rings. The van der Waals surface area contributed by atoms with Crippen LogP contribution in [0.1, 0.15) is 53.4 Å². The van der Waals surface area contributed by atoms with E-state index in [0.717, 1.165) is 61.8 Å². The molecule has 1 aliphatic carbocycles. The minimum atomic E-state index is -0.550. The minimum absolute atomic E-state index is 0.0747. The average Bonchev–Trinajstić information content (AvgIpc) is 3.62. The fraction of sp³-hybridized carbons (Fsp3) is 0.423. The van der Waals surface area contributed by atoms with Crippen LogP contribution in [0.5, 0.6) is 5.75 Å². The van der Waals surface area contributed by atoms with Gasteiger partial charge in [0, 0.05) is 17.9 Å². The third-order valence-corrected chi connectivity index (χ3v) is 7.40. The maximum absolute atomic E-state index is 14.7. The lowest BCUT2D eigenvalue weighted by Gasteiger charge is -2.31. The molecule has 2 aliphatic rings. The summed E-state index contributed by atoms with van der Waals surface area (Å²) in [7, 11) is 0. The molecule has 1 aromatic heterocycles. The summed E-state index contributed by atoms with van der Waals surface area (Å²) in [5.41, 5.74) is 1.77. The summed E-state index contributed by atoms with van der Waals surface area (Å²) in [6, 6.07) is 10.5. The molecule has 1 saturated heterocycles. The van der Waals surface area contributed by atoms with Crippen molar-refractivity contribution < 1.29 is 18.4 Å². The highest BCUT2D eigenvalue weighted by atomic mass is 35.5. The van der Waals surface area contributed by atoms with Gasteiger partial charge in [0.1, 0.15) is 11.6 Å². The number of carbonyl (C=O) groups is 1. The van der Waals surface area contributed by atoms with Gasteiger partial charge in [0.25, 0.3) is 5.91 Å². The van der Waals surface area contributed by atoms with Gasteiger partial charge in [-0.2, -0.15) is 4.98 Å². The summed E-state index contributed by atoms with van der Waals surface area (Å²) in [6.07, 6.45) is 5.73. The Morgan fingerprint density at radius 3 is 2.75 bits per heavy atom. The molecule has 1 aliphatic heterocycles. The molecule has 0 bridgehead atoms. The molecule has 0 radical (unpaired) electrons. The summed E-state index contributed by atoms with van der Waals surface area (Å²) in [5.74, 6) is 1.37. The van der Waals surface area contributed by atoms with E-state index in [4.69, 9.17) is 20.9 Å². The molecule has 5 rings (SSSR count). The van der Waals surface area contributed by atoms with Crippen molar-refractivity contribution in [2.45, 2.75) is 38.1 Å². The van der Waals surface area contributed by atoms with E-state index >= 15 is 0 Å². The number of amides is 1. The molecule has 7 nitrogen and oxygen atoms in total. The molecule has 0 spiro atoms. The van der Waals surface area contributed by atoms with Crippen LogP contribution in [0.2, 0.25) is 5.02 Å². The van der Waals surface area contributed by atoms with Crippen LogP contribution in [0.4, 0.5) is 4.39 Å². The predicted molar refractivity (Wildman–Crippen MR) is 138 cm³/mol. The number of aromatic nitrogens is 2. The second-order valence-electron chi connectivity index (χ2n) is 9.30. The predicted octanol–water partition coefficient (Wildman–Crippen LogP) is 5.71. The van der Waals surface area contributed by atoms with Crippen LogP contribution in [0.25, 0.3) is 11.4 Å². The van der Waals surface area contributed by atoms with Crippen molar-refractivity contribution >= 4 is 29.5 Å². The van der Waals surface area contributed by atoms with E-state index in [1.165, 1.54) is 6.07 Å². The standard InChI is InChI=1S/C26H28ClFN4O3S/c1-36-31-26(33)20-12-19(17-6-7-17)23(13-22(20)28)34-15-16-8-10-32(11-9-16)14-24-29-25(30-35-24)18-4-2-3-5-21(18)27/h2-5,12-13,16-17H,6-11,14-15H2,1H3,(H,31,33). The van der Waals surface area contributed by atoms with Crippen LogP contribution in [-0.2, 0) is 6.54 Å². The van der Waals surface area contributed by atoms with Crippen molar-refractivity contribution in [1.82, 2.24) is 19.8 Å². The average molecular weight is 531 g/mol. The van der Waals surface area contributed by atoms with E-state index in [1.54, 1.807) is 18.4 Å². The molecule has 10 heteroatoms. The molecule has 1 saturated carbocycles. The Labute approximate surface area is 218 Å². The van der Waals surface area contributed by atoms with Crippen molar-refractivity contribution in [3.63, 3.8) is 0 Å². The highest BCUT2D eigenvalue weighted by Crippen LogP contribution is 2.45. The molecule has 0 atom stereocenters. The number of nitrogens with one attached hydrogen (secondary N) is 1. The van der Waals surface area contributed by atoms with Crippen molar-refractivity contribution in [3.05, 3.63) is 64.3 Å². The minimum Gasteiger partial charge on any atom is -0.493 e. The third-order valence-electron chi connectivity index (χ3n) is 6.68. The Hall–Kier alpha value is -2.62. The molecule has 2 heterocycles. The molecule has 2 aromatic carbocycles.